The fourth-order valence-electron chi connectivity index (χ4n) is 1.08. The molecule has 0 radical (unpaired) electrons. The molecule has 0 saturated carbocycles. The van der Waals surface area contributed by atoms with Crippen LogP contribution in [0.4, 0.5) is 0 Å². The van der Waals surface area contributed by atoms with Gasteiger partial charge < -0.3 is 5.11 Å². The zero-order valence-electron chi connectivity index (χ0n) is 8.55. The van der Waals surface area contributed by atoms with Crippen molar-refractivity contribution in [1.29, 1.82) is 0 Å². The molecular formula is C10H20O2. The maximum absolute atomic E-state index is 11.1. The van der Waals surface area contributed by atoms with Crippen LogP contribution < -0.4 is 0 Å². The molecule has 0 aliphatic carbocycles. The average molecular weight is 172 g/mol. The van der Waals surface area contributed by atoms with E-state index < -0.39 is 5.60 Å². The van der Waals surface area contributed by atoms with Crippen LogP contribution in [0.15, 0.2) is 0 Å². The minimum atomic E-state index is -0.637. The second-order valence-corrected chi connectivity index (χ2v) is 4.07. The van der Waals surface area contributed by atoms with E-state index in [-0.39, 0.29) is 5.92 Å². The van der Waals surface area contributed by atoms with Gasteiger partial charge in [0.15, 0.2) is 0 Å². The van der Waals surface area contributed by atoms with Crippen molar-refractivity contribution in [2.45, 2.75) is 52.6 Å². The van der Waals surface area contributed by atoms with E-state index >= 15 is 0 Å². The Morgan fingerprint density at radius 3 is 2.33 bits per heavy atom. The molecule has 0 saturated heterocycles. The summed E-state index contributed by atoms with van der Waals surface area (Å²) in [6.07, 6.45) is 2.09. The smallest absolute Gasteiger partial charge is 0.135 e. The van der Waals surface area contributed by atoms with E-state index in [0.29, 0.717) is 18.6 Å². The second kappa shape index (κ2) is 4.61. The second-order valence-electron chi connectivity index (χ2n) is 4.07. The quantitative estimate of drug-likeness (QED) is 0.690. The molecule has 0 aliphatic heterocycles. The summed E-state index contributed by atoms with van der Waals surface area (Å²) in [5, 5.41) is 9.41. The molecule has 0 aromatic heterocycles. The Balaban J connectivity index is 3.72. The lowest BCUT2D eigenvalue weighted by Gasteiger charge is -2.18. The predicted octanol–water partition coefficient (Wildman–Crippen LogP) is 2.15. The molecule has 2 heteroatoms. The molecule has 1 atom stereocenters. The van der Waals surface area contributed by atoms with E-state index in [9.17, 15) is 9.90 Å². The summed E-state index contributed by atoms with van der Waals surface area (Å²) < 4.78 is 0. The standard InChI is InChI=1S/C10H20O2/c1-5-9(11)8(2)6-7-10(3,4)12/h8,12H,5-7H2,1-4H3. The largest absolute Gasteiger partial charge is 0.390 e. The number of rotatable bonds is 5. The minimum Gasteiger partial charge on any atom is -0.390 e. The highest BCUT2D eigenvalue weighted by Gasteiger charge is 2.17. The number of carbonyl (C=O) groups excluding carboxylic acids is 1. The lowest BCUT2D eigenvalue weighted by molar-refractivity contribution is -0.122. The summed E-state index contributed by atoms with van der Waals surface area (Å²) in [5.41, 5.74) is -0.637. The van der Waals surface area contributed by atoms with Gasteiger partial charge in [-0.25, -0.2) is 0 Å². The third kappa shape index (κ3) is 5.30. The lowest BCUT2D eigenvalue weighted by Crippen LogP contribution is -2.21. The van der Waals surface area contributed by atoms with E-state index in [0.717, 1.165) is 6.42 Å². The summed E-state index contributed by atoms with van der Waals surface area (Å²) in [6.45, 7) is 7.35. The highest BCUT2D eigenvalue weighted by molar-refractivity contribution is 5.80. The van der Waals surface area contributed by atoms with Crippen LogP contribution in [0, 0.1) is 5.92 Å². The van der Waals surface area contributed by atoms with Crippen LogP contribution in [-0.4, -0.2) is 16.5 Å². The molecule has 0 aromatic rings. The van der Waals surface area contributed by atoms with Crippen LogP contribution in [0.1, 0.15) is 47.0 Å². The number of Topliss-reactive ketones (excluding diaryl/α,β-unsaturated/α-hetero) is 1. The van der Waals surface area contributed by atoms with Crippen molar-refractivity contribution < 1.29 is 9.90 Å². The Labute approximate surface area is 75.0 Å². The minimum absolute atomic E-state index is 0.0985. The summed E-state index contributed by atoms with van der Waals surface area (Å²) in [4.78, 5) is 11.1. The van der Waals surface area contributed by atoms with Gasteiger partial charge in [-0.2, -0.15) is 0 Å². The third-order valence-electron chi connectivity index (χ3n) is 2.09. The first-order chi connectivity index (χ1) is 5.37. The molecule has 2 nitrogen and oxygen atoms in total. The van der Waals surface area contributed by atoms with Crippen molar-refractivity contribution in [3.63, 3.8) is 0 Å². The summed E-state index contributed by atoms with van der Waals surface area (Å²) in [5.74, 6) is 0.390. The topological polar surface area (TPSA) is 37.3 Å². The predicted molar refractivity (Wildman–Crippen MR) is 50.0 cm³/mol. The first-order valence-electron chi connectivity index (χ1n) is 4.62. The zero-order chi connectivity index (χ0) is 9.78. The van der Waals surface area contributed by atoms with Crippen molar-refractivity contribution in [2.24, 2.45) is 5.92 Å². The molecule has 0 aliphatic rings. The molecule has 72 valence electrons. The van der Waals surface area contributed by atoms with Gasteiger partial charge in [-0.15, -0.1) is 0 Å². The fourth-order valence-corrected chi connectivity index (χ4v) is 1.08. The Morgan fingerprint density at radius 1 is 1.50 bits per heavy atom. The molecule has 1 unspecified atom stereocenters. The van der Waals surface area contributed by atoms with Gasteiger partial charge in [0.2, 0.25) is 0 Å². The first-order valence-corrected chi connectivity index (χ1v) is 4.62. The molecule has 0 amide bonds. The zero-order valence-corrected chi connectivity index (χ0v) is 8.55. The van der Waals surface area contributed by atoms with Gasteiger partial charge in [0.1, 0.15) is 5.78 Å². The Hall–Kier alpha value is -0.370. The fraction of sp³-hybridized carbons (Fsp3) is 0.900. The summed E-state index contributed by atoms with van der Waals surface area (Å²) >= 11 is 0. The van der Waals surface area contributed by atoms with Gasteiger partial charge >= 0.3 is 0 Å². The molecule has 1 N–H and O–H groups in total. The van der Waals surface area contributed by atoms with Crippen LogP contribution in [0.3, 0.4) is 0 Å². The van der Waals surface area contributed by atoms with E-state index in [2.05, 4.69) is 0 Å². The van der Waals surface area contributed by atoms with E-state index in [1.165, 1.54) is 0 Å². The summed E-state index contributed by atoms with van der Waals surface area (Å²) in [7, 11) is 0. The Morgan fingerprint density at radius 2 is 2.00 bits per heavy atom. The van der Waals surface area contributed by atoms with E-state index in [1.807, 2.05) is 13.8 Å². The maximum atomic E-state index is 11.1. The molecule has 0 bridgehead atoms. The summed E-state index contributed by atoms with van der Waals surface area (Å²) in [6, 6.07) is 0. The van der Waals surface area contributed by atoms with Crippen molar-refractivity contribution >= 4 is 5.78 Å². The van der Waals surface area contributed by atoms with Gasteiger partial charge in [0.25, 0.3) is 0 Å². The third-order valence-corrected chi connectivity index (χ3v) is 2.09. The molecular weight excluding hydrogens is 152 g/mol. The van der Waals surface area contributed by atoms with Crippen LogP contribution in [-0.2, 0) is 4.79 Å². The van der Waals surface area contributed by atoms with E-state index in [1.54, 1.807) is 13.8 Å². The van der Waals surface area contributed by atoms with Crippen LogP contribution in [0.25, 0.3) is 0 Å². The van der Waals surface area contributed by atoms with Crippen molar-refractivity contribution in [3.8, 4) is 0 Å². The molecule has 0 fully saturated rings. The molecule has 0 rings (SSSR count). The lowest BCUT2D eigenvalue weighted by atomic mass is 9.93. The van der Waals surface area contributed by atoms with Gasteiger partial charge in [-0.05, 0) is 26.7 Å². The van der Waals surface area contributed by atoms with Gasteiger partial charge in [-0.1, -0.05) is 13.8 Å². The average Bonchev–Trinajstić information content (AvgIpc) is 1.97. The maximum Gasteiger partial charge on any atom is 0.135 e. The van der Waals surface area contributed by atoms with Gasteiger partial charge in [0, 0.05) is 12.3 Å². The van der Waals surface area contributed by atoms with Crippen molar-refractivity contribution in [3.05, 3.63) is 0 Å². The van der Waals surface area contributed by atoms with Crippen LogP contribution >= 0.6 is 0 Å². The molecule has 0 aromatic carbocycles. The van der Waals surface area contributed by atoms with Gasteiger partial charge in [0.05, 0.1) is 5.60 Å². The van der Waals surface area contributed by atoms with E-state index in [4.69, 9.17) is 0 Å². The highest BCUT2D eigenvalue weighted by Crippen LogP contribution is 2.16. The Kier molecular flexibility index (Phi) is 4.46. The van der Waals surface area contributed by atoms with Crippen LogP contribution in [0.2, 0.25) is 0 Å². The SMILES string of the molecule is CCC(=O)C(C)CCC(C)(C)O. The molecule has 12 heavy (non-hydrogen) atoms. The monoisotopic (exact) mass is 172 g/mol. The normalized spacial score (nSPS) is 14.4. The van der Waals surface area contributed by atoms with Crippen LogP contribution in [0.5, 0.6) is 0 Å². The first kappa shape index (κ1) is 11.6. The number of hydrogen-bond donors (Lipinski definition) is 1. The van der Waals surface area contributed by atoms with Gasteiger partial charge in [-0.3, -0.25) is 4.79 Å². The molecule has 0 spiro atoms. The van der Waals surface area contributed by atoms with Crippen molar-refractivity contribution in [2.75, 3.05) is 0 Å². The molecule has 0 heterocycles. The number of hydrogen-bond acceptors (Lipinski definition) is 2. The van der Waals surface area contributed by atoms with Crippen molar-refractivity contribution in [1.82, 2.24) is 0 Å². The number of ketones is 1. The Bertz CT molecular complexity index is 144. The number of carbonyl (C=O) groups is 1. The highest BCUT2D eigenvalue weighted by atomic mass is 16.3. The number of aliphatic hydroxyl groups is 1.